The van der Waals surface area contributed by atoms with Gasteiger partial charge < -0.3 is 20.5 Å². The van der Waals surface area contributed by atoms with Crippen molar-refractivity contribution >= 4 is 22.6 Å². The number of urea groups is 1. The van der Waals surface area contributed by atoms with Crippen LogP contribution >= 0.6 is 0 Å². The summed E-state index contributed by atoms with van der Waals surface area (Å²) in [6, 6.07) is 6.53. The fourth-order valence-electron chi connectivity index (χ4n) is 4.17. The van der Waals surface area contributed by atoms with Crippen LogP contribution in [0.15, 0.2) is 48.8 Å². The zero-order valence-electron chi connectivity index (χ0n) is 18.6. The number of aromatic nitrogens is 1. The number of nitrogens with zero attached hydrogens (tertiary/aromatic N) is 1. The minimum atomic E-state index is -0.148. The number of fused-ring (bicyclic) bond motifs is 1. The largest absolute Gasteiger partial charge is 0.375 e. The first-order chi connectivity index (χ1) is 14.6. The van der Waals surface area contributed by atoms with E-state index in [9.17, 15) is 4.79 Å². The van der Waals surface area contributed by atoms with Gasteiger partial charge in [0.25, 0.3) is 0 Å². The van der Waals surface area contributed by atoms with Crippen molar-refractivity contribution in [1.29, 1.82) is 0 Å². The summed E-state index contributed by atoms with van der Waals surface area (Å²) in [5.74, 6) is 0.402. The molecule has 5 heteroatoms. The minimum Gasteiger partial charge on any atom is -0.375 e. The lowest BCUT2D eigenvalue weighted by molar-refractivity contribution is 0.252. The Hall–Kier alpha value is -2.69. The first-order valence-electron chi connectivity index (χ1n) is 11.3. The predicted octanol–water partition coefficient (Wildman–Crippen LogP) is 6.14. The van der Waals surface area contributed by atoms with Gasteiger partial charge in [-0.3, -0.25) is 0 Å². The summed E-state index contributed by atoms with van der Waals surface area (Å²) in [5.41, 5.74) is 3.24. The van der Waals surface area contributed by atoms with E-state index in [0.717, 1.165) is 37.0 Å². The van der Waals surface area contributed by atoms with Crippen molar-refractivity contribution in [1.82, 2.24) is 15.2 Å². The maximum atomic E-state index is 12.2. The van der Waals surface area contributed by atoms with Gasteiger partial charge in [-0.15, -0.1) is 0 Å². The van der Waals surface area contributed by atoms with E-state index >= 15 is 0 Å². The van der Waals surface area contributed by atoms with Crippen LogP contribution in [0.5, 0.6) is 0 Å². The summed E-state index contributed by atoms with van der Waals surface area (Å²) >= 11 is 0. The van der Waals surface area contributed by atoms with Crippen molar-refractivity contribution in [3.05, 3.63) is 54.4 Å². The molecule has 2 unspecified atom stereocenters. The lowest BCUT2D eigenvalue weighted by Crippen LogP contribution is -2.32. The van der Waals surface area contributed by atoms with E-state index in [4.69, 9.17) is 0 Å². The summed E-state index contributed by atoms with van der Waals surface area (Å²) in [7, 11) is 0. The zero-order chi connectivity index (χ0) is 21.3. The lowest BCUT2D eigenvalue weighted by Gasteiger charge is -2.32. The van der Waals surface area contributed by atoms with E-state index in [1.807, 2.05) is 25.1 Å². The molecule has 0 bridgehead atoms. The second-order valence-electron chi connectivity index (χ2n) is 8.21. The molecule has 0 aliphatic carbocycles. The Bertz CT molecular complexity index is 882. The van der Waals surface area contributed by atoms with Gasteiger partial charge in [0.15, 0.2) is 0 Å². The van der Waals surface area contributed by atoms with E-state index < -0.39 is 0 Å². The number of rotatable bonds is 9. The normalized spacial score (nSPS) is 17.6. The van der Waals surface area contributed by atoms with Gasteiger partial charge in [-0.1, -0.05) is 31.6 Å². The summed E-state index contributed by atoms with van der Waals surface area (Å²) in [5, 5.41) is 7.09. The highest BCUT2D eigenvalue weighted by molar-refractivity contribution is 5.94. The van der Waals surface area contributed by atoms with Crippen LogP contribution in [-0.4, -0.2) is 35.0 Å². The third kappa shape index (κ3) is 5.68. The molecule has 30 heavy (non-hydrogen) atoms. The highest BCUT2D eigenvalue weighted by atomic mass is 16.2. The van der Waals surface area contributed by atoms with Crippen molar-refractivity contribution in [2.75, 3.05) is 18.4 Å². The van der Waals surface area contributed by atoms with Gasteiger partial charge in [-0.05, 0) is 69.5 Å². The van der Waals surface area contributed by atoms with Crippen molar-refractivity contribution in [3.8, 4) is 0 Å². The van der Waals surface area contributed by atoms with Crippen LogP contribution in [0.25, 0.3) is 10.9 Å². The van der Waals surface area contributed by atoms with Gasteiger partial charge in [-0.25, -0.2) is 4.79 Å². The molecule has 2 amide bonds. The maximum Gasteiger partial charge on any atom is 0.319 e. The number of aromatic amines is 1. The quantitative estimate of drug-likeness (QED) is 0.345. The smallest absolute Gasteiger partial charge is 0.319 e. The molecular formula is C25H36N4O. The van der Waals surface area contributed by atoms with Gasteiger partial charge in [0.2, 0.25) is 0 Å². The van der Waals surface area contributed by atoms with Crippen molar-refractivity contribution in [3.63, 3.8) is 0 Å². The van der Waals surface area contributed by atoms with Crippen molar-refractivity contribution < 1.29 is 4.79 Å². The number of carbonyl (C=O) groups is 1. The number of unbranched alkanes of at least 4 members (excludes halogenated alkanes) is 1. The van der Waals surface area contributed by atoms with Crippen LogP contribution in [0.2, 0.25) is 0 Å². The Morgan fingerprint density at radius 2 is 2.27 bits per heavy atom. The summed E-state index contributed by atoms with van der Waals surface area (Å²) < 4.78 is 0. The standard InChI is InChI=1S/C25H36N4O/c1-4-6-7-8-14-26-25(30)28-21-10-11-24-22(17-21)23(18-27-24)20-12-15-29(16-13-20)19(3)9-5-2/h4,6,10-12,15,17-20,27H,5,7-9,13-14,16H2,1-3H3,(H2,26,28,30). The summed E-state index contributed by atoms with van der Waals surface area (Å²) in [6.45, 7) is 8.33. The average molecular weight is 409 g/mol. The van der Waals surface area contributed by atoms with Crippen LogP contribution in [0.3, 0.4) is 0 Å². The molecular weight excluding hydrogens is 372 g/mol. The molecule has 0 saturated carbocycles. The number of allylic oxidation sites excluding steroid dienone is 3. The maximum absolute atomic E-state index is 12.2. The van der Waals surface area contributed by atoms with Gasteiger partial charge in [-0.2, -0.15) is 0 Å². The number of benzene rings is 1. The fourth-order valence-corrected chi connectivity index (χ4v) is 4.17. The van der Waals surface area contributed by atoms with Crippen LogP contribution in [0.4, 0.5) is 10.5 Å². The molecule has 5 nitrogen and oxygen atoms in total. The Morgan fingerprint density at radius 3 is 3.00 bits per heavy atom. The predicted molar refractivity (Wildman–Crippen MR) is 127 cm³/mol. The number of hydrogen-bond acceptors (Lipinski definition) is 2. The Morgan fingerprint density at radius 1 is 1.40 bits per heavy atom. The fraction of sp³-hybridized carbons (Fsp3) is 0.480. The molecule has 0 radical (unpaired) electrons. The van der Waals surface area contributed by atoms with E-state index in [-0.39, 0.29) is 6.03 Å². The highest BCUT2D eigenvalue weighted by Gasteiger charge is 2.20. The molecule has 0 fully saturated rings. The van der Waals surface area contributed by atoms with Crippen LogP contribution in [-0.2, 0) is 0 Å². The molecule has 0 spiro atoms. The minimum absolute atomic E-state index is 0.148. The van der Waals surface area contributed by atoms with Gasteiger partial charge in [0, 0.05) is 47.8 Å². The summed E-state index contributed by atoms with van der Waals surface area (Å²) in [6.07, 6.45) is 16.4. The number of nitrogens with one attached hydrogen (secondary N) is 3. The van der Waals surface area contributed by atoms with Crippen LogP contribution in [0, 0.1) is 0 Å². The third-order valence-corrected chi connectivity index (χ3v) is 5.92. The van der Waals surface area contributed by atoms with Crippen LogP contribution in [0.1, 0.15) is 64.4 Å². The number of hydrogen-bond donors (Lipinski definition) is 3. The van der Waals surface area contributed by atoms with Gasteiger partial charge >= 0.3 is 6.03 Å². The second-order valence-corrected chi connectivity index (χ2v) is 8.21. The van der Waals surface area contributed by atoms with Gasteiger partial charge in [0.1, 0.15) is 0 Å². The molecule has 3 rings (SSSR count). The Kier molecular flexibility index (Phi) is 8.00. The molecule has 1 aliphatic rings. The van der Waals surface area contributed by atoms with Crippen LogP contribution < -0.4 is 10.6 Å². The highest BCUT2D eigenvalue weighted by Crippen LogP contribution is 2.33. The van der Waals surface area contributed by atoms with E-state index in [0.29, 0.717) is 18.5 Å². The molecule has 3 N–H and O–H groups in total. The van der Waals surface area contributed by atoms with E-state index in [2.05, 4.69) is 65.0 Å². The number of anilines is 1. The zero-order valence-corrected chi connectivity index (χ0v) is 18.6. The topological polar surface area (TPSA) is 60.2 Å². The number of amides is 2. The summed E-state index contributed by atoms with van der Waals surface area (Å²) in [4.78, 5) is 18.0. The molecule has 2 heterocycles. The van der Waals surface area contributed by atoms with Crippen molar-refractivity contribution in [2.45, 2.75) is 64.8 Å². The Balaban J connectivity index is 1.64. The number of carbonyl (C=O) groups excluding carboxylic acids is 1. The SMILES string of the molecule is CC=CCCCNC(=O)Nc1ccc2[nH]cc(C3C=CN(C(C)CCC)CC3)c2c1. The van der Waals surface area contributed by atoms with E-state index in [1.54, 1.807) is 0 Å². The van der Waals surface area contributed by atoms with Crippen molar-refractivity contribution in [2.24, 2.45) is 0 Å². The molecule has 2 atom stereocenters. The average Bonchev–Trinajstić information content (AvgIpc) is 3.17. The lowest BCUT2D eigenvalue weighted by atomic mass is 9.92. The Labute approximate surface area is 180 Å². The number of H-pyrrole nitrogens is 1. The monoisotopic (exact) mass is 408 g/mol. The molecule has 2 aromatic rings. The van der Waals surface area contributed by atoms with E-state index in [1.165, 1.54) is 23.8 Å². The molecule has 162 valence electrons. The molecule has 1 aromatic carbocycles. The molecule has 1 aliphatic heterocycles. The first kappa shape index (κ1) is 22.0. The third-order valence-electron chi connectivity index (χ3n) is 5.92. The molecule has 0 saturated heterocycles. The second kappa shape index (κ2) is 10.9. The molecule has 1 aromatic heterocycles. The van der Waals surface area contributed by atoms with Gasteiger partial charge in [0.05, 0.1) is 0 Å². The first-order valence-corrected chi connectivity index (χ1v) is 11.3.